The van der Waals surface area contributed by atoms with E-state index >= 15 is 0 Å². The Morgan fingerprint density at radius 2 is 1.84 bits per heavy atom. The molecule has 0 spiro atoms. The van der Waals surface area contributed by atoms with Gasteiger partial charge in [-0.2, -0.15) is 0 Å². The van der Waals surface area contributed by atoms with Crippen molar-refractivity contribution in [3.8, 4) is 0 Å². The van der Waals surface area contributed by atoms with E-state index in [1.54, 1.807) is 0 Å². The van der Waals surface area contributed by atoms with E-state index in [4.69, 9.17) is 5.73 Å². The molecule has 0 heterocycles. The fourth-order valence-corrected chi connectivity index (χ4v) is 2.64. The summed E-state index contributed by atoms with van der Waals surface area (Å²) < 4.78 is 1.01. The fraction of sp³-hybridized carbons (Fsp3) is 0.538. The molecule has 0 amide bonds. The van der Waals surface area contributed by atoms with Crippen molar-refractivity contribution in [3.05, 3.63) is 28.2 Å². The number of benzene rings is 1. The van der Waals surface area contributed by atoms with Gasteiger partial charge in [-0.3, -0.25) is 0 Å². The molecule has 0 radical (unpaired) electrons. The Kier molecular flexibility index (Phi) is 9.03. The van der Waals surface area contributed by atoms with Crippen LogP contribution in [0.5, 0.6) is 0 Å². The van der Waals surface area contributed by atoms with Crippen LogP contribution in [-0.4, -0.2) is 17.3 Å². The van der Waals surface area contributed by atoms with E-state index in [0.29, 0.717) is 6.04 Å². The quantitative estimate of drug-likeness (QED) is 0.714. The first kappa shape index (κ1) is 19.0. The number of aliphatic hydroxyl groups is 1. The summed E-state index contributed by atoms with van der Waals surface area (Å²) in [6.07, 6.45) is 3.83. The Balaban J connectivity index is 0.00000162. The summed E-state index contributed by atoms with van der Waals surface area (Å²) in [5.74, 6) is 0. The maximum atomic E-state index is 9.43. The maximum absolute atomic E-state index is 9.43. The molecule has 0 unspecified atom stereocenters. The molecule has 1 aliphatic rings. The van der Waals surface area contributed by atoms with Gasteiger partial charge in [0.25, 0.3) is 0 Å². The minimum atomic E-state index is -0.0919. The third-order valence-corrected chi connectivity index (χ3v) is 3.88. The summed E-state index contributed by atoms with van der Waals surface area (Å²) in [7, 11) is 0. The molecule has 0 bridgehead atoms. The second-order valence-electron chi connectivity index (χ2n) is 4.73. The lowest BCUT2D eigenvalue weighted by Gasteiger charge is -2.26. The third-order valence-electron chi connectivity index (χ3n) is 3.39. The van der Waals surface area contributed by atoms with E-state index in [0.717, 1.165) is 48.0 Å². The Labute approximate surface area is 135 Å². The summed E-state index contributed by atoms with van der Waals surface area (Å²) >= 11 is 3.40. The first-order valence-corrected chi connectivity index (χ1v) is 6.90. The Bertz CT molecular complexity index is 385. The smallest absolute Gasteiger partial charge is 0.0541 e. The van der Waals surface area contributed by atoms with Crippen molar-refractivity contribution in [2.45, 2.75) is 44.4 Å². The number of nitrogen functional groups attached to an aromatic ring is 1. The monoisotopic (exact) mass is 370 g/mol. The van der Waals surface area contributed by atoms with Gasteiger partial charge in [0.05, 0.1) is 6.10 Å². The second-order valence-corrected chi connectivity index (χ2v) is 5.65. The molecule has 1 fully saturated rings. The van der Waals surface area contributed by atoms with E-state index in [1.807, 2.05) is 18.2 Å². The van der Waals surface area contributed by atoms with Crippen LogP contribution in [0, 0.1) is 0 Å². The highest BCUT2D eigenvalue weighted by atomic mass is 79.9. The molecule has 1 aromatic carbocycles. The number of nitrogens with two attached hydrogens (primary N) is 1. The van der Waals surface area contributed by atoms with Crippen LogP contribution in [0.2, 0.25) is 0 Å². The molecule has 1 aromatic rings. The van der Waals surface area contributed by atoms with Crippen LogP contribution < -0.4 is 11.1 Å². The molecule has 0 aliphatic heterocycles. The molecule has 2 rings (SSSR count). The molecule has 6 heteroatoms. The lowest BCUT2D eigenvalue weighted by molar-refractivity contribution is 0.116. The van der Waals surface area contributed by atoms with Crippen molar-refractivity contribution >= 4 is 46.4 Å². The second kappa shape index (κ2) is 9.03. The molecular weight excluding hydrogens is 351 g/mol. The van der Waals surface area contributed by atoms with E-state index in [1.165, 1.54) is 0 Å². The molecule has 1 aliphatic carbocycles. The van der Waals surface area contributed by atoms with Gasteiger partial charge in [-0.25, -0.2) is 0 Å². The highest BCUT2D eigenvalue weighted by molar-refractivity contribution is 9.10. The fourth-order valence-electron chi connectivity index (χ4n) is 2.26. The van der Waals surface area contributed by atoms with Gasteiger partial charge >= 0.3 is 0 Å². The molecule has 0 aromatic heterocycles. The number of rotatable bonds is 3. The Morgan fingerprint density at radius 3 is 2.42 bits per heavy atom. The van der Waals surface area contributed by atoms with E-state index in [-0.39, 0.29) is 30.9 Å². The highest BCUT2D eigenvalue weighted by Gasteiger charge is 2.18. The Hall–Kier alpha value is -0.0000000000000000971. The number of aliphatic hydroxyl groups excluding tert-OH is 1. The van der Waals surface area contributed by atoms with Crippen LogP contribution in [0.3, 0.4) is 0 Å². The van der Waals surface area contributed by atoms with Crippen molar-refractivity contribution in [1.29, 1.82) is 0 Å². The zero-order valence-corrected chi connectivity index (χ0v) is 13.9. The average Bonchev–Trinajstić information content (AvgIpc) is 2.30. The minimum absolute atomic E-state index is 0. The van der Waals surface area contributed by atoms with Crippen molar-refractivity contribution in [1.82, 2.24) is 5.32 Å². The maximum Gasteiger partial charge on any atom is 0.0541 e. The van der Waals surface area contributed by atoms with Gasteiger partial charge in [0.1, 0.15) is 0 Å². The van der Waals surface area contributed by atoms with Crippen molar-refractivity contribution in [2.24, 2.45) is 0 Å². The summed E-state index contributed by atoms with van der Waals surface area (Å²) in [5, 5.41) is 12.9. The summed E-state index contributed by atoms with van der Waals surface area (Å²) in [5.41, 5.74) is 7.91. The van der Waals surface area contributed by atoms with Gasteiger partial charge in [-0.1, -0.05) is 22.0 Å². The summed E-state index contributed by atoms with van der Waals surface area (Å²) in [6, 6.07) is 6.51. The lowest BCUT2D eigenvalue weighted by Crippen LogP contribution is -2.34. The number of hydrogen-bond donors (Lipinski definition) is 3. The van der Waals surface area contributed by atoms with Gasteiger partial charge in [0.2, 0.25) is 0 Å². The van der Waals surface area contributed by atoms with Gasteiger partial charge in [-0.05, 0) is 43.4 Å². The highest BCUT2D eigenvalue weighted by Crippen LogP contribution is 2.21. The van der Waals surface area contributed by atoms with E-state index in [2.05, 4.69) is 21.2 Å². The van der Waals surface area contributed by atoms with Gasteiger partial charge in [-0.15, -0.1) is 24.8 Å². The number of hydrogen-bond acceptors (Lipinski definition) is 3. The van der Waals surface area contributed by atoms with Gasteiger partial charge in [0, 0.05) is 22.7 Å². The molecular formula is C13H21BrCl2N2O. The Morgan fingerprint density at radius 1 is 1.21 bits per heavy atom. The first-order chi connectivity index (χ1) is 8.15. The van der Waals surface area contributed by atoms with Gasteiger partial charge < -0.3 is 16.2 Å². The largest absolute Gasteiger partial charge is 0.398 e. The van der Waals surface area contributed by atoms with E-state index < -0.39 is 0 Å². The van der Waals surface area contributed by atoms with Crippen LogP contribution >= 0.6 is 40.7 Å². The number of anilines is 1. The van der Waals surface area contributed by atoms with Crippen LogP contribution in [0.4, 0.5) is 5.69 Å². The van der Waals surface area contributed by atoms with Crippen molar-refractivity contribution < 1.29 is 5.11 Å². The molecule has 0 atom stereocenters. The molecule has 0 saturated heterocycles. The molecule has 3 nitrogen and oxygen atoms in total. The molecule has 4 N–H and O–H groups in total. The summed E-state index contributed by atoms with van der Waals surface area (Å²) in [4.78, 5) is 0. The zero-order chi connectivity index (χ0) is 12.3. The normalized spacial score (nSPS) is 22.2. The van der Waals surface area contributed by atoms with Crippen molar-refractivity contribution in [3.63, 3.8) is 0 Å². The first-order valence-electron chi connectivity index (χ1n) is 6.10. The molecule has 19 heavy (non-hydrogen) atoms. The van der Waals surface area contributed by atoms with Crippen LogP contribution in [0.1, 0.15) is 31.2 Å². The minimum Gasteiger partial charge on any atom is -0.398 e. The van der Waals surface area contributed by atoms with Crippen LogP contribution in [0.15, 0.2) is 22.7 Å². The summed E-state index contributed by atoms with van der Waals surface area (Å²) in [6.45, 7) is 0.805. The molecule has 110 valence electrons. The predicted molar refractivity (Wildman–Crippen MR) is 88.2 cm³/mol. The standard InChI is InChI=1S/C13H19BrN2O.2ClH/c14-10-2-1-9(13(15)7-10)8-16-11-3-5-12(17)6-4-11;;/h1-2,7,11-12,16-17H,3-6,8,15H2;2*1H. The number of halogens is 3. The SMILES string of the molecule is Cl.Cl.Nc1cc(Br)ccc1CNC1CCC(O)CC1. The van der Waals surface area contributed by atoms with Crippen molar-refractivity contribution in [2.75, 3.05) is 5.73 Å². The number of nitrogens with one attached hydrogen (secondary N) is 1. The average molecular weight is 372 g/mol. The topological polar surface area (TPSA) is 58.3 Å². The van der Waals surface area contributed by atoms with Crippen LogP contribution in [0.25, 0.3) is 0 Å². The van der Waals surface area contributed by atoms with Crippen LogP contribution in [-0.2, 0) is 6.54 Å². The predicted octanol–water partition coefficient (Wildman–Crippen LogP) is 3.27. The van der Waals surface area contributed by atoms with E-state index in [9.17, 15) is 5.11 Å². The van der Waals surface area contributed by atoms with Gasteiger partial charge in [0.15, 0.2) is 0 Å². The third kappa shape index (κ3) is 5.88. The molecule has 1 saturated carbocycles. The lowest BCUT2D eigenvalue weighted by atomic mass is 9.93. The zero-order valence-electron chi connectivity index (χ0n) is 10.6.